The maximum Gasteiger partial charge on any atom is 0.251 e. The maximum atomic E-state index is 12.9. The third kappa shape index (κ3) is 4.97. The first kappa shape index (κ1) is 22.4. The summed E-state index contributed by atoms with van der Waals surface area (Å²) in [6.07, 6.45) is 0. The lowest BCUT2D eigenvalue weighted by Gasteiger charge is -2.42. The number of nitrogens with zero attached hydrogens (tertiary/aromatic N) is 2. The summed E-state index contributed by atoms with van der Waals surface area (Å²) >= 11 is 1.76. The molecule has 1 amide bonds. The molecule has 1 aliphatic rings. The minimum Gasteiger partial charge on any atom is -0.495 e. The summed E-state index contributed by atoms with van der Waals surface area (Å²) in [6, 6.07) is 20.3. The van der Waals surface area contributed by atoms with E-state index in [4.69, 9.17) is 4.74 Å². The van der Waals surface area contributed by atoms with Crippen molar-refractivity contribution in [2.45, 2.75) is 25.9 Å². The number of anilines is 1. The van der Waals surface area contributed by atoms with E-state index in [0.717, 1.165) is 43.2 Å². The minimum absolute atomic E-state index is 0.0144. The van der Waals surface area contributed by atoms with Crippen LogP contribution >= 0.6 is 11.3 Å². The molecule has 1 N–H and O–H groups in total. The van der Waals surface area contributed by atoms with Crippen LogP contribution in [0.3, 0.4) is 0 Å². The molecular weight excluding hydrogens is 418 g/mol. The lowest BCUT2D eigenvalue weighted by molar-refractivity contribution is 0.0890. The zero-order valence-electron chi connectivity index (χ0n) is 19.0. The SMILES string of the molecule is COc1ccccc1N1CCN(C(c2cccs2)C(C)NC(=O)c2cccc(C)c2)CC1. The highest BCUT2D eigenvalue weighted by atomic mass is 32.1. The molecule has 6 heteroatoms. The number of rotatable bonds is 7. The molecule has 5 nitrogen and oxygen atoms in total. The molecule has 2 aromatic carbocycles. The van der Waals surface area contributed by atoms with Gasteiger partial charge in [-0.2, -0.15) is 0 Å². The molecule has 4 rings (SSSR count). The van der Waals surface area contributed by atoms with Gasteiger partial charge in [0, 0.05) is 42.7 Å². The van der Waals surface area contributed by atoms with E-state index in [0.29, 0.717) is 5.56 Å². The van der Waals surface area contributed by atoms with Crippen LogP contribution in [0.25, 0.3) is 0 Å². The smallest absolute Gasteiger partial charge is 0.251 e. The second kappa shape index (κ2) is 10.2. The van der Waals surface area contributed by atoms with Crippen LogP contribution in [0.5, 0.6) is 5.75 Å². The molecule has 0 radical (unpaired) electrons. The fourth-order valence-corrected chi connectivity index (χ4v) is 5.45. The van der Waals surface area contributed by atoms with Crippen molar-refractivity contribution >= 4 is 22.9 Å². The lowest BCUT2D eigenvalue weighted by atomic mass is 10.0. The highest BCUT2D eigenvalue weighted by Crippen LogP contribution is 2.32. The van der Waals surface area contributed by atoms with Gasteiger partial charge in [0.05, 0.1) is 18.8 Å². The molecule has 0 saturated carbocycles. The predicted molar refractivity (Wildman–Crippen MR) is 132 cm³/mol. The number of amides is 1. The molecule has 2 unspecified atom stereocenters. The second-order valence-corrected chi connectivity index (χ2v) is 9.27. The van der Waals surface area contributed by atoms with Gasteiger partial charge in [-0.15, -0.1) is 11.3 Å². The summed E-state index contributed by atoms with van der Waals surface area (Å²) in [5.74, 6) is 0.893. The number of carbonyl (C=O) groups is 1. The van der Waals surface area contributed by atoms with Gasteiger partial charge in [0.1, 0.15) is 5.75 Å². The van der Waals surface area contributed by atoms with Crippen molar-refractivity contribution in [3.63, 3.8) is 0 Å². The summed E-state index contributed by atoms with van der Waals surface area (Å²) in [6.45, 7) is 7.80. The third-order valence-electron chi connectivity index (χ3n) is 6.08. The molecule has 2 atom stereocenters. The van der Waals surface area contributed by atoms with Gasteiger partial charge in [0.25, 0.3) is 5.91 Å². The summed E-state index contributed by atoms with van der Waals surface area (Å²) in [5.41, 5.74) is 2.94. The van der Waals surface area contributed by atoms with Gasteiger partial charge < -0.3 is 15.0 Å². The van der Waals surface area contributed by atoms with E-state index >= 15 is 0 Å². The van der Waals surface area contributed by atoms with Gasteiger partial charge in [-0.05, 0) is 49.6 Å². The highest BCUT2D eigenvalue weighted by Gasteiger charge is 2.31. The Hall–Kier alpha value is -2.83. The molecule has 1 saturated heterocycles. The quantitative estimate of drug-likeness (QED) is 0.566. The molecule has 0 spiro atoms. The number of para-hydroxylation sites is 2. The Kier molecular flexibility index (Phi) is 7.12. The number of nitrogens with one attached hydrogen (secondary N) is 1. The van der Waals surface area contributed by atoms with E-state index < -0.39 is 0 Å². The number of carbonyl (C=O) groups excluding carboxylic acids is 1. The second-order valence-electron chi connectivity index (χ2n) is 8.29. The predicted octanol–water partition coefficient (Wildman–Crippen LogP) is 4.75. The minimum atomic E-state index is -0.0181. The number of benzene rings is 2. The molecule has 1 aromatic heterocycles. The van der Waals surface area contributed by atoms with Crippen molar-refractivity contribution < 1.29 is 9.53 Å². The Bertz CT molecular complexity index is 1030. The highest BCUT2D eigenvalue weighted by molar-refractivity contribution is 7.10. The van der Waals surface area contributed by atoms with Crippen LogP contribution in [0.4, 0.5) is 5.69 Å². The van der Waals surface area contributed by atoms with Gasteiger partial charge >= 0.3 is 0 Å². The fourth-order valence-electron chi connectivity index (χ4n) is 4.49. The van der Waals surface area contributed by atoms with Crippen molar-refractivity contribution in [2.24, 2.45) is 0 Å². The molecule has 2 heterocycles. The van der Waals surface area contributed by atoms with Crippen molar-refractivity contribution in [3.8, 4) is 5.75 Å². The van der Waals surface area contributed by atoms with Gasteiger partial charge in [0.2, 0.25) is 0 Å². The number of methoxy groups -OCH3 is 1. The van der Waals surface area contributed by atoms with Crippen molar-refractivity contribution in [1.29, 1.82) is 0 Å². The van der Waals surface area contributed by atoms with Crippen LogP contribution in [0, 0.1) is 6.92 Å². The average molecular weight is 450 g/mol. The van der Waals surface area contributed by atoms with Gasteiger partial charge in [0.15, 0.2) is 0 Å². The van der Waals surface area contributed by atoms with E-state index in [1.807, 2.05) is 43.3 Å². The Morgan fingerprint density at radius 2 is 1.81 bits per heavy atom. The maximum absolute atomic E-state index is 12.9. The number of hydrogen-bond donors (Lipinski definition) is 1. The third-order valence-corrected chi connectivity index (χ3v) is 7.02. The fraction of sp³-hybridized carbons (Fsp3) is 0.346. The molecule has 0 bridgehead atoms. The van der Waals surface area contributed by atoms with Crippen molar-refractivity contribution in [3.05, 3.63) is 82.0 Å². The van der Waals surface area contributed by atoms with Crippen molar-refractivity contribution in [2.75, 3.05) is 38.2 Å². The Balaban J connectivity index is 1.47. The zero-order valence-corrected chi connectivity index (χ0v) is 19.8. The number of hydrogen-bond acceptors (Lipinski definition) is 5. The van der Waals surface area contributed by atoms with Crippen LogP contribution in [-0.4, -0.2) is 50.1 Å². The van der Waals surface area contributed by atoms with Crippen LogP contribution in [-0.2, 0) is 0 Å². The van der Waals surface area contributed by atoms with E-state index in [1.165, 1.54) is 4.88 Å². The monoisotopic (exact) mass is 449 g/mol. The van der Waals surface area contributed by atoms with E-state index in [2.05, 4.69) is 51.7 Å². The number of ether oxygens (including phenoxy) is 1. The summed E-state index contributed by atoms with van der Waals surface area (Å²) in [4.78, 5) is 19.1. The molecule has 0 aliphatic carbocycles. The van der Waals surface area contributed by atoms with Crippen molar-refractivity contribution in [1.82, 2.24) is 10.2 Å². The number of aryl methyl sites for hydroxylation is 1. The van der Waals surface area contributed by atoms with E-state index in [9.17, 15) is 4.79 Å². The van der Waals surface area contributed by atoms with Crippen LogP contribution in [0.2, 0.25) is 0 Å². The normalized spacial score (nSPS) is 16.4. The first-order chi connectivity index (χ1) is 15.6. The van der Waals surface area contributed by atoms with Crippen LogP contribution in [0.15, 0.2) is 66.0 Å². The molecule has 1 fully saturated rings. The van der Waals surface area contributed by atoms with Gasteiger partial charge in [-0.25, -0.2) is 0 Å². The average Bonchev–Trinajstić information content (AvgIpc) is 3.34. The molecular formula is C26H31N3O2S. The van der Waals surface area contributed by atoms with E-state index in [1.54, 1.807) is 18.4 Å². The number of thiophene rings is 1. The Morgan fingerprint density at radius 3 is 2.50 bits per heavy atom. The molecule has 1 aliphatic heterocycles. The first-order valence-corrected chi connectivity index (χ1v) is 12.0. The molecule has 32 heavy (non-hydrogen) atoms. The Morgan fingerprint density at radius 1 is 1.03 bits per heavy atom. The van der Waals surface area contributed by atoms with E-state index in [-0.39, 0.29) is 18.0 Å². The standard InChI is InChI=1S/C26H31N3O2S/c1-19-8-6-9-21(18-19)26(30)27-20(2)25(24-12-7-17-32-24)29-15-13-28(14-16-29)22-10-4-5-11-23(22)31-3/h4-12,17-18,20,25H,13-16H2,1-3H3,(H,27,30). The van der Waals surface area contributed by atoms with Crippen LogP contribution in [0.1, 0.15) is 33.8 Å². The Labute approximate surface area is 194 Å². The summed E-state index contributed by atoms with van der Waals surface area (Å²) < 4.78 is 5.56. The largest absolute Gasteiger partial charge is 0.495 e. The summed E-state index contributed by atoms with van der Waals surface area (Å²) in [5, 5.41) is 5.38. The lowest BCUT2D eigenvalue weighted by Crippen LogP contribution is -2.52. The number of piperazine rings is 1. The zero-order chi connectivity index (χ0) is 22.5. The topological polar surface area (TPSA) is 44.8 Å². The molecule has 3 aromatic rings. The first-order valence-electron chi connectivity index (χ1n) is 11.1. The molecule has 168 valence electrons. The van der Waals surface area contributed by atoms with Crippen LogP contribution < -0.4 is 15.0 Å². The summed E-state index contributed by atoms with van der Waals surface area (Å²) in [7, 11) is 1.72. The van der Waals surface area contributed by atoms with Gasteiger partial charge in [-0.3, -0.25) is 9.69 Å². The van der Waals surface area contributed by atoms with Gasteiger partial charge in [-0.1, -0.05) is 35.9 Å².